The third-order valence-corrected chi connectivity index (χ3v) is 7.54. The highest BCUT2D eigenvalue weighted by atomic mass is 16.6. The highest BCUT2D eigenvalue weighted by Gasteiger charge is 2.27. The fourth-order valence-electron chi connectivity index (χ4n) is 5.39. The Morgan fingerprint density at radius 1 is 0.780 bits per heavy atom. The predicted molar refractivity (Wildman–Crippen MR) is 154 cm³/mol. The van der Waals surface area contributed by atoms with Crippen LogP contribution in [0.5, 0.6) is 11.5 Å². The average molecular weight is 561 g/mol. The molecule has 0 spiro atoms. The number of ether oxygens (including phenoxy) is 4. The summed E-state index contributed by atoms with van der Waals surface area (Å²) in [5.41, 5.74) is 5.83. The van der Waals surface area contributed by atoms with Crippen molar-refractivity contribution in [1.82, 2.24) is 0 Å². The Morgan fingerprint density at radius 3 is 1.76 bits per heavy atom. The topological polar surface area (TPSA) is 118 Å². The lowest BCUT2D eigenvalue weighted by Crippen LogP contribution is -2.10. The summed E-state index contributed by atoms with van der Waals surface area (Å²) < 4.78 is 22.7. The van der Waals surface area contributed by atoms with Crippen LogP contribution in [0.15, 0.2) is 42.5 Å². The molecule has 2 saturated heterocycles. The number of carboxylic acid groups (broad SMARTS) is 2. The number of benzene rings is 3. The van der Waals surface area contributed by atoms with Crippen molar-refractivity contribution in [1.29, 1.82) is 0 Å². The Labute approximate surface area is 239 Å². The molecule has 41 heavy (non-hydrogen) atoms. The zero-order valence-electron chi connectivity index (χ0n) is 23.7. The van der Waals surface area contributed by atoms with E-state index in [2.05, 4.69) is 6.92 Å². The molecule has 0 aliphatic carbocycles. The van der Waals surface area contributed by atoms with E-state index in [0.717, 1.165) is 34.2 Å². The molecule has 2 aliphatic heterocycles. The van der Waals surface area contributed by atoms with Crippen LogP contribution in [0.25, 0.3) is 22.3 Å². The minimum Gasteiger partial charge on any atom is -0.490 e. The highest BCUT2D eigenvalue weighted by Crippen LogP contribution is 2.41. The van der Waals surface area contributed by atoms with E-state index in [0.29, 0.717) is 68.3 Å². The Kier molecular flexibility index (Phi) is 8.61. The number of hydrogen-bond donors (Lipinski definition) is 2. The van der Waals surface area contributed by atoms with Crippen molar-refractivity contribution < 1.29 is 38.7 Å². The summed E-state index contributed by atoms with van der Waals surface area (Å²) in [5.74, 6) is -0.724. The molecular weight excluding hydrogens is 524 g/mol. The summed E-state index contributed by atoms with van der Waals surface area (Å²) in [6.45, 7) is 8.22. The molecule has 0 bridgehead atoms. The van der Waals surface area contributed by atoms with E-state index in [1.54, 1.807) is 24.3 Å². The van der Waals surface area contributed by atoms with Crippen LogP contribution >= 0.6 is 0 Å². The molecule has 0 aromatic heterocycles. The first kappa shape index (κ1) is 28.6. The lowest BCUT2D eigenvalue weighted by Gasteiger charge is -2.21. The molecule has 2 atom stereocenters. The molecule has 2 unspecified atom stereocenters. The second-order valence-corrected chi connectivity index (χ2v) is 10.4. The Morgan fingerprint density at radius 2 is 1.29 bits per heavy atom. The first-order valence-electron chi connectivity index (χ1n) is 14.3. The van der Waals surface area contributed by atoms with E-state index in [-0.39, 0.29) is 23.3 Å². The van der Waals surface area contributed by atoms with Gasteiger partial charge in [-0.05, 0) is 60.2 Å². The molecule has 5 rings (SSSR count). The third kappa shape index (κ3) is 6.24. The van der Waals surface area contributed by atoms with Crippen LogP contribution in [0.4, 0.5) is 0 Å². The average Bonchev–Trinajstić information content (AvgIpc) is 3.89. The lowest BCUT2D eigenvalue weighted by molar-refractivity contribution is 0.0686. The third-order valence-electron chi connectivity index (χ3n) is 7.54. The van der Waals surface area contributed by atoms with Crippen LogP contribution in [-0.2, 0) is 28.7 Å². The number of hydrogen-bond acceptors (Lipinski definition) is 6. The molecule has 2 aliphatic rings. The van der Waals surface area contributed by atoms with E-state index in [1.165, 1.54) is 0 Å². The molecule has 3 aromatic rings. The summed E-state index contributed by atoms with van der Waals surface area (Å²) >= 11 is 0. The minimum absolute atomic E-state index is 0.0741. The van der Waals surface area contributed by atoms with Crippen molar-refractivity contribution in [3.8, 4) is 33.8 Å². The maximum absolute atomic E-state index is 12.4. The summed E-state index contributed by atoms with van der Waals surface area (Å²) in [7, 11) is 0. The van der Waals surface area contributed by atoms with Gasteiger partial charge >= 0.3 is 11.9 Å². The maximum atomic E-state index is 12.4. The largest absolute Gasteiger partial charge is 0.490 e. The van der Waals surface area contributed by atoms with Crippen LogP contribution in [0.1, 0.15) is 64.6 Å². The summed E-state index contributed by atoms with van der Waals surface area (Å²) in [5, 5.41) is 20.3. The van der Waals surface area contributed by atoms with Gasteiger partial charge in [0.2, 0.25) is 0 Å². The van der Waals surface area contributed by atoms with Crippen LogP contribution in [0.2, 0.25) is 0 Å². The number of carboxylic acids is 2. The molecule has 0 amide bonds. The minimum atomic E-state index is -1.01. The predicted octanol–water partition coefficient (Wildman–Crippen LogP) is 6.05. The molecule has 2 heterocycles. The number of aromatic carboxylic acids is 2. The fourth-order valence-corrected chi connectivity index (χ4v) is 5.39. The van der Waals surface area contributed by atoms with Gasteiger partial charge < -0.3 is 29.2 Å². The molecule has 3 aromatic carbocycles. The zero-order valence-corrected chi connectivity index (χ0v) is 23.7. The second kappa shape index (κ2) is 12.3. The van der Waals surface area contributed by atoms with Gasteiger partial charge in [0.25, 0.3) is 0 Å². The Hall–Kier alpha value is -3.88. The van der Waals surface area contributed by atoms with Crippen molar-refractivity contribution in [2.45, 2.75) is 58.7 Å². The van der Waals surface area contributed by atoms with Gasteiger partial charge in [-0.15, -0.1) is 0 Å². The van der Waals surface area contributed by atoms with Crippen molar-refractivity contribution >= 4 is 11.9 Å². The van der Waals surface area contributed by atoms with Crippen LogP contribution in [0.3, 0.4) is 0 Å². The first-order valence-corrected chi connectivity index (χ1v) is 14.3. The van der Waals surface area contributed by atoms with E-state index >= 15 is 0 Å². The van der Waals surface area contributed by atoms with Crippen LogP contribution in [-0.4, -0.2) is 60.8 Å². The number of epoxide rings is 2. The SMILES string of the molecule is CCCc1cc(-c2c(C(=O)O)ccc(OCC3CO3)c2CC)ccc1-c1c(C(=O)O)ccc(OCC2CO2)c1CC. The van der Waals surface area contributed by atoms with Crippen molar-refractivity contribution in [3.05, 3.63) is 70.3 Å². The number of aryl methyl sites for hydroxylation is 1. The Bertz CT molecular complexity index is 1450. The van der Waals surface area contributed by atoms with Gasteiger partial charge in [0.1, 0.15) is 36.9 Å². The maximum Gasteiger partial charge on any atom is 0.336 e. The van der Waals surface area contributed by atoms with Gasteiger partial charge in [0.05, 0.1) is 24.3 Å². The quantitative estimate of drug-likeness (QED) is 0.229. The van der Waals surface area contributed by atoms with Crippen LogP contribution < -0.4 is 9.47 Å². The molecule has 8 nitrogen and oxygen atoms in total. The van der Waals surface area contributed by atoms with Gasteiger partial charge in [-0.1, -0.05) is 45.4 Å². The fraction of sp³-hybridized carbons (Fsp3) is 0.394. The molecule has 216 valence electrons. The van der Waals surface area contributed by atoms with E-state index in [9.17, 15) is 19.8 Å². The van der Waals surface area contributed by atoms with Gasteiger partial charge in [0, 0.05) is 22.3 Å². The summed E-state index contributed by atoms with van der Waals surface area (Å²) in [6, 6.07) is 12.5. The molecule has 2 N–H and O–H groups in total. The second-order valence-electron chi connectivity index (χ2n) is 10.4. The van der Waals surface area contributed by atoms with Gasteiger partial charge in [-0.25, -0.2) is 9.59 Å². The van der Waals surface area contributed by atoms with Crippen molar-refractivity contribution in [2.24, 2.45) is 0 Å². The monoisotopic (exact) mass is 560 g/mol. The zero-order chi connectivity index (χ0) is 29.1. The highest BCUT2D eigenvalue weighted by molar-refractivity contribution is 6.00. The van der Waals surface area contributed by atoms with E-state index < -0.39 is 11.9 Å². The molecule has 8 heteroatoms. The normalized spacial score (nSPS) is 17.2. The summed E-state index contributed by atoms with van der Waals surface area (Å²) in [6.07, 6.45) is 2.82. The molecular formula is C33H36O8. The van der Waals surface area contributed by atoms with Crippen molar-refractivity contribution in [2.75, 3.05) is 26.4 Å². The van der Waals surface area contributed by atoms with Gasteiger partial charge in [-0.3, -0.25) is 0 Å². The van der Waals surface area contributed by atoms with E-state index in [4.69, 9.17) is 18.9 Å². The first-order chi connectivity index (χ1) is 19.9. The van der Waals surface area contributed by atoms with Gasteiger partial charge in [-0.2, -0.15) is 0 Å². The summed E-state index contributed by atoms with van der Waals surface area (Å²) in [4.78, 5) is 24.8. The molecule has 0 radical (unpaired) electrons. The smallest absolute Gasteiger partial charge is 0.336 e. The van der Waals surface area contributed by atoms with Crippen LogP contribution in [0, 0.1) is 0 Å². The molecule has 0 saturated carbocycles. The van der Waals surface area contributed by atoms with Gasteiger partial charge in [0.15, 0.2) is 0 Å². The van der Waals surface area contributed by atoms with E-state index in [1.807, 2.05) is 32.0 Å². The lowest BCUT2D eigenvalue weighted by atomic mass is 9.85. The van der Waals surface area contributed by atoms with Crippen molar-refractivity contribution in [3.63, 3.8) is 0 Å². The number of carbonyl (C=O) groups is 2. The molecule has 2 fully saturated rings. The number of rotatable bonds is 14. The standard InChI is InChI=1S/C33H36O8/c1-4-7-19-14-20(30-23(5-2)28(40-17-21-15-38-21)12-10-26(30)32(34)35)8-9-25(19)31-24(6-3)29(41-18-22-16-39-22)13-11-27(31)33(36)37/h8-14,21-22H,4-7,15-18H2,1-3H3,(H,34,35)(H,36,37). The Balaban J connectivity index is 1.66.